The van der Waals surface area contributed by atoms with Crippen LogP contribution in [0.4, 0.5) is 4.79 Å². The molecule has 1 unspecified atom stereocenters. The molecule has 0 aromatic rings. The molecule has 106 valence electrons. The second-order valence-corrected chi connectivity index (χ2v) is 5.67. The Labute approximate surface area is 110 Å². The van der Waals surface area contributed by atoms with Gasteiger partial charge < -0.3 is 15.3 Å². The molecule has 2 N–H and O–H groups in total. The zero-order valence-corrected chi connectivity index (χ0v) is 12.3. The van der Waals surface area contributed by atoms with E-state index >= 15 is 0 Å². The molecule has 0 fully saturated rings. The lowest BCUT2D eigenvalue weighted by molar-refractivity contribution is -0.142. The lowest BCUT2D eigenvalue weighted by Crippen LogP contribution is -2.54. The van der Waals surface area contributed by atoms with Crippen molar-refractivity contribution in [1.29, 1.82) is 0 Å². The van der Waals surface area contributed by atoms with Crippen molar-refractivity contribution in [2.45, 2.75) is 59.5 Å². The van der Waals surface area contributed by atoms with Crippen LogP contribution in [0.5, 0.6) is 0 Å². The number of hydrogen-bond donors (Lipinski definition) is 2. The predicted octanol–water partition coefficient (Wildman–Crippen LogP) is 2.32. The normalized spacial score (nSPS) is 13.3. The van der Waals surface area contributed by atoms with E-state index in [-0.39, 0.29) is 12.1 Å². The zero-order chi connectivity index (χ0) is 14.5. The maximum atomic E-state index is 12.0. The number of urea groups is 1. The summed E-state index contributed by atoms with van der Waals surface area (Å²) in [7, 11) is 1.70. The summed E-state index contributed by atoms with van der Waals surface area (Å²) in [4.78, 5) is 24.8. The van der Waals surface area contributed by atoms with Gasteiger partial charge in [-0.3, -0.25) is 0 Å². The third-order valence-corrected chi connectivity index (χ3v) is 3.19. The van der Waals surface area contributed by atoms with Gasteiger partial charge in [0.05, 0.1) is 0 Å². The molecule has 0 radical (unpaired) electrons. The molecule has 0 saturated heterocycles. The topological polar surface area (TPSA) is 69.6 Å². The minimum absolute atomic E-state index is 0.138. The van der Waals surface area contributed by atoms with Crippen LogP contribution in [0.1, 0.15) is 47.5 Å². The lowest BCUT2D eigenvalue weighted by Gasteiger charge is -2.32. The Morgan fingerprint density at radius 2 is 1.67 bits per heavy atom. The van der Waals surface area contributed by atoms with Gasteiger partial charge in [-0.1, -0.05) is 34.6 Å². The Balaban J connectivity index is 4.76. The van der Waals surface area contributed by atoms with E-state index in [9.17, 15) is 9.59 Å². The predicted molar refractivity (Wildman–Crippen MR) is 71.5 cm³/mol. The van der Waals surface area contributed by atoms with Crippen LogP contribution in [0.15, 0.2) is 0 Å². The van der Waals surface area contributed by atoms with Crippen molar-refractivity contribution >= 4 is 12.0 Å². The van der Waals surface area contributed by atoms with Crippen LogP contribution in [-0.4, -0.2) is 41.1 Å². The summed E-state index contributed by atoms with van der Waals surface area (Å²) in [6.45, 7) is 9.41. The number of carbonyl (C=O) groups excluding carboxylic acids is 1. The van der Waals surface area contributed by atoms with Crippen molar-refractivity contribution in [3.63, 3.8) is 0 Å². The first-order valence-electron chi connectivity index (χ1n) is 6.41. The first kappa shape index (κ1) is 16.7. The molecule has 0 heterocycles. The highest BCUT2D eigenvalue weighted by Crippen LogP contribution is 2.20. The molecule has 0 aliphatic rings. The molecule has 0 aromatic carbocycles. The standard InChI is InChI=1S/C13H26N2O3/c1-7-9(8-2)15(6)12(18)14-10(11(16)17)13(3,4)5/h9-10H,7-8H2,1-6H3,(H,14,18)(H,16,17). The average molecular weight is 258 g/mol. The van der Waals surface area contributed by atoms with E-state index in [4.69, 9.17) is 5.11 Å². The number of nitrogens with one attached hydrogen (secondary N) is 1. The minimum Gasteiger partial charge on any atom is -0.480 e. The van der Waals surface area contributed by atoms with Gasteiger partial charge in [0.1, 0.15) is 6.04 Å². The first-order valence-corrected chi connectivity index (χ1v) is 6.41. The molecule has 18 heavy (non-hydrogen) atoms. The molecule has 0 aromatic heterocycles. The van der Waals surface area contributed by atoms with Gasteiger partial charge >= 0.3 is 12.0 Å². The largest absolute Gasteiger partial charge is 0.480 e. The van der Waals surface area contributed by atoms with Gasteiger partial charge in [-0.25, -0.2) is 9.59 Å². The molecule has 0 aliphatic carbocycles. The molecular formula is C13H26N2O3. The third-order valence-electron chi connectivity index (χ3n) is 3.19. The summed E-state index contributed by atoms with van der Waals surface area (Å²) in [6, 6.07) is -1.08. The Morgan fingerprint density at radius 1 is 1.22 bits per heavy atom. The molecule has 0 aliphatic heterocycles. The highest BCUT2D eigenvalue weighted by Gasteiger charge is 2.33. The summed E-state index contributed by atoms with van der Waals surface area (Å²) in [5.41, 5.74) is -0.518. The SMILES string of the molecule is CCC(CC)N(C)C(=O)NC(C(=O)O)C(C)(C)C. The van der Waals surface area contributed by atoms with Crippen molar-refractivity contribution in [2.75, 3.05) is 7.05 Å². The van der Waals surface area contributed by atoms with Gasteiger partial charge in [0.15, 0.2) is 0 Å². The van der Waals surface area contributed by atoms with E-state index in [0.717, 1.165) is 12.8 Å². The second-order valence-electron chi connectivity index (χ2n) is 5.67. The zero-order valence-electron chi connectivity index (χ0n) is 12.3. The molecule has 1 atom stereocenters. The number of carboxylic acid groups (broad SMARTS) is 1. The van der Waals surface area contributed by atoms with Crippen molar-refractivity contribution in [3.8, 4) is 0 Å². The van der Waals surface area contributed by atoms with Gasteiger partial charge in [0.2, 0.25) is 0 Å². The molecular weight excluding hydrogens is 232 g/mol. The Morgan fingerprint density at radius 3 is 1.94 bits per heavy atom. The smallest absolute Gasteiger partial charge is 0.326 e. The summed E-state index contributed by atoms with van der Waals surface area (Å²) < 4.78 is 0. The monoisotopic (exact) mass is 258 g/mol. The number of carbonyl (C=O) groups is 2. The van der Waals surface area contributed by atoms with E-state index in [1.807, 2.05) is 13.8 Å². The third kappa shape index (κ3) is 4.55. The van der Waals surface area contributed by atoms with E-state index < -0.39 is 17.4 Å². The van der Waals surface area contributed by atoms with Crippen molar-refractivity contribution in [1.82, 2.24) is 10.2 Å². The van der Waals surface area contributed by atoms with Crippen LogP contribution in [-0.2, 0) is 4.79 Å². The van der Waals surface area contributed by atoms with Crippen LogP contribution < -0.4 is 5.32 Å². The van der Waals surface area contributed by atoms with Gasteiger partial charge in [-0.05, 0) is 18.3 Å². The van der Waals surface area contributed by atoms with Crippen LogP contribution >= 0.6 is 0 Å². The highest BCUT2D eigenvalue weighted by atomic mass is 16.4. The van der Waals surface area contributed by atoms with E-state index in [1.165, 1.54) is 0 Å². The van der Waals surface area contributed by atoms with Crippen LogP contribution in [0.3, 0.4) is 0 Å². The quantitative estimate of drug-likeness (QED) is 0.795. The molecule has 5 heteroatoms. The fourth-order valence-corrected chi connectivity index (χ4v) is 1.88. The number of amides is 2. The Kier molecular flexibility index (Phi) is 6.15. The molecule has 2 amide bonds. The van der Waals surface area contributed by atoms with Crippen LogP contribution in [0, 0.1) is 5.41 Å². The highest BCUT2D eigenvalue weighted by molar-refractivity contribution is 5.83. The molecule has 0 saturated carbocycles. The van der Waals surface area contributed by atoms with E-state index in [1.54, 1.807) is 32.7 Å². The van der Waals surface area contributed by atoms with Crippen molar-refractivity contribution in [3.05, 3.63) is 0 Å². The van der Waals surface area contributed by atoms with Gasteiger partial charge in [0.25, 0.3) is 0 Å². The van der Waals surface area contributed by atoms with Crippen LogP contribution in [0.25, 0.3) is 0 Å². The van der Waals surface area contributed by atoms with Crippen LogP contribution in [0.2, 0.25) is 0 Å². The Hall–Kier alpha value is -1.26. The number of aliphatic carboxylic acids is 1. The molecule has 5 nitrogen and oxygen atoms in total. The lowest BCUT2D eigenvalue weighted by atomic mass is 9.87. The maximum Gasteiger partial charge on any atom is 0.326 e. The summed E-state index contributed by atoms with van der Waals surface area (Å²) in [6.07, 6.45) is 1.71. The summed E-state index contributed by atoms with van der Waals surface area (Å²) in [5, 5.41) is 11.8. The minimum atomic E-state index is -1.01. The van der Waals surface area contributed by atoms with Gasteiger partial charge in [-0.15, -0.1) is 0 Å². The second kappa shape index (κ2) is 6.61. The summed E-state index contributed by atoms with van der Waals surface area (Å²) in [5.74, 6) is -1.01. The van der Waals surface area contributed by atoms with Gasteiger partial charge in [-0.2, -0.15) is 0 Å². The number of rotatable bonds is 5. The van der Waals surface area contributed by atoms with Gasteiger partial charge in [0, 0.05) is 13.1 Å². The fraction of sp³-hybridized carbons (Fsp3) is 0.846. The fourth-order valence-electron chi connectivity index (χ4n) is 1.88. The maximum absolute atomic E-state index is 12.0. The number of nitrogens with zero attached hydrogens (tertiary/aromatic N) is 1. The Bertz CT molecular complexity index is 293. The molecule has 0 rings (SSSR count). The van der Waals surface area contributed by atoms with Crippen molar-refractivity contribution in [2.24, 2.45) is 5.41 Å². The number of carboxylic acids is 1. The van der Waals surface area contributed by atoms with E-state index in [0.29, 0.717) is 0 Å². The first-order chi connectivity index (χ1) is 8.15. The summed E-state index contributed by atoms with van der Waals surface area (Å²) >= 11 is 0. The van der Waals surface area contributed by atoms with E-state index in [2.05, 4.69) is 5.32 Å². The van der Waals surface area contributed by atoms with Crippen molar-refractivity contribution < 1.29 is 14.7 Å². The average Bonchev–Trinajstić information content (AvgIpc) is 2.24. The molecule has 0 spiro atoms. The number of hydrogen-bond acceptors (Lipinski definition) is 2. The molecule has 0 bridgehead atoms.